The molecule has 0 saturated heterocycles. The van der Waals surface area contributed by atoms with Crippen LogP contribution in [0.4, 0.5) is 0 Å². The summed E-state index contributed by atoms with van der Waals surface area (Å²) in [7, 11) is 0. The third kappa shape index (κ3) is 5.32. The molecular weight excluding hydrogens is 400 g/mol. The van der Waals surface area contributed by atoms with Gasteiger partial charge in [-0.05, 0) is 71.8 Å². The molecule has 0 aliphatic carbocycles. The molecule has 0 aliphatic rings. The Hall–Kier alpha value is -3.84. The number of hydrogen-bond donors (Lipinski definition) is 0. The van der Waals surface area contributed by atoms with Crippen LogP contribution in [0.25, 0.3) is 29.4 Å². The summed E-state index contributed by atoms with van der Waals surface area (Å²) in [5, 5.41) is 0. The van der Waals surface area contributed by atoms with Gasteiger partial charge in [-0.3, -0.25) is 0 Å². The van der Waals surface area contributed by atoms with Crippen molar-refractivity contribution in [3.8, 4) is 16.9 Å². The highest BCUT2D eigenvalue weighted by Crippen LogP contribution is 2.29. The summed E-state index contributed by atoms with van der Waals surface area (Å²) in [5.74, 6) is 0.852. The molecule has 0 heterocycles. The molecule has 0 spiro atoms. The van der Waals surface area contributed by atoms with Crippen LogP contribution in [0.5, 0.6) is 5.75 Å². The fourth-order valence-electron chi connectivity index (χ4n) is 3.98. The van der Waals surface area contributed by atoms with Gasteiger partial charge in [0.05, 0.1) is 0 Å². The van der Waals surface area contributed by atoms with E-state index in [1.165, 1.54) is 33.4 Å². The molecule has 0 amide bonds. The van der Waals surface area contributed by atoms with E-state index in [0.717, 1.165) is 22.4 Å². The predicted octanol–water partition coefficient (Wildman–Crippen LogP) is 8.67. The predicted molar refractivity (Wildman–Crippen MR) is 142 cm³/mol. The summed E-state index contributed by atoms with van der Waals surface area (Å²) in [6.07, 6.45) is 6.23. The Morgan fingerprint density at radius 3 is 2.18 bits per heavy atom. The van der Waals surface area contributed by atoms with Crippen molar-refractivity contribution in [2.45, 2.75) is 27.4 Å². The van der Waals surface area contributed by atoms with Gasteiger partial charge in [-0.1, -0.05) is 103 Å². The smallest absolute Gasteiger partial charge is 0.127 e. The molecule has 4 aromatic carbocycles. The molecule has 0 atom stereocenters. The van der Waals surface area contributed by atoms with E-state index >= 15 is 0 Å². The van der Waals surface area contributed by atoms with E-state index < -0.39 is 0 Å². The van der Waals surface area contributed by atoms with Crippen molar-refractivity contribution in [3.63, 3.8) is 0 Å². The molecule has 0 bridgehead atoms. The first-order valence-corrected chi connectivity index (χ1v) is 11.3. The Bertz CT molecular complexity index is 1280. The summed E-state index contributed by atoms with van der Waals surface area (Å²) in [6, 6.07) is 29.7. The minimum absolute atomic E-state index is 0.533. The van der Waals surface area contributed by atoms with E-state index in [1.54, 1.807) is 0 Å². The fourth-order valence-corrected chi connectivity index (χ4v) is 3.98. The second-order valence-electron chi connectivity index (χ2n) is 8.44. The summed E-state index contributed by atoms with van der Waals surface area (Å²) < 4.78 is 6.20. The first kappa shape index (κ1) is 22.4. The zero-order valence-corrected chi connectivity index (χ0v) is 19.6. The lowest BCUT2D eigenvalue weighted by atomic mass is 9.95. The van der Waals surface area contributed by atoms with Gasteiger partial charge in [0.25, 0.3) is 0 Å². The molecule has 4 rings (SSSR count). The van der Waals surface area contributed by atoms with E-state index in [1.807, 2.05) is 6.08 Å². The van der Waals surface area contributed by atoms with Crippen LogP contribution in [0.1, 0.15) is 38.9 Å². The third-order valence-corrected chi connectivity index (χ3v) is 6.04. The van der Waals surface area contributed by atoms with Crippen LogP contribution in [0.15, 0.2) is 91.5 Å². The Morgan fingerprint density at radius 2 is 1.45 bits per heavy atom. The molecule has 1 nitrogen and oxygen atoms in total. The second kappa shape index (κ2) is 10.2. The first-order valence-electron chi connectivity index (χ1n) is 11.3. The second-order valence-corrected chi connectivity index (χ2v) is 8.44. The minimum atomic E-state index is 0.533. The van der Waals surface area contributed by atoms with Crippen LogP contribution >= 0.6 is 0 Å². The van der Waals surface area contributed by atoms with Crippen LogP contribution in [-0.4, -0.2) is 0 Å². The van der Waals surface area contributed by atoms with Crippen molar-refractivity contribution in [2.24, 2.45) is 0 Å². The molecule has 0 fully saturated rings. The number of hydrogen-bond acceptors (Lipinski definition) is 1. The maximum Gasteiger partial charge on any atom is 0.127 e. The average Bonchev–Trinajstić information content (AvgIpc) is 2.84. The third-order valence-electron chi connectivity index (χ3n) is 6.04. The molecule has 0 radical (unpaired) electrons. The standard InChI is InChI=1S/C32H30O/c1-5-27-20-24(3)30(21-32(27)33-22-26-16-14-23(2)15-17-26)19-18-28-12-9-13-31(25(28)4)29-10-7-6-8-11-29/h5-21H,1,22H2,2-4H3/b19-18+. The SMILES string of the molecule is C=Cc1cc(C)c(/C=C/c2cccc(-c3ccccc3)c2C)cc1OCc1ccc(C)cc1. The highest BCUT2D eigenvalue weighted by Gasteiger charge is 2.08. The topological polar surface area (TPSA) is 9.23 Å². The van der Waals surface area contributed by atoms with Crippen LogP contribution in [0.3, 0.4) is 0 Å². The number of aryl methyl sites for hydroxylation is 2. The van der Waals surface area contributed by atoms with Crippen molar-refractivity contribution >= 4 is 18.2 Å². The van der Waals surface area contributed by atoms with Gasteiger partial charge in [0, 0.05) is 5.56 Å². The molecule has 0 aromatic heterocycles. The lowest BCUT2D eigenvalue weighted by Gasteiger charge is -2.13. The molecule has 0 saturated carbocycles. The highest BCUT2D eigenvalue weighted by atomic mass is 16.5. The normalized spacial score (nSPS) is 11.0. The van der Waals surface area contributed by atoms with Gasteiger partial charge in [0.2, 0.25) is 0 Å². The summed E-state index contributed by atoms with van der Waals surface area (Å²) in [5.41, 5.74) is 10.7. The molecule has 4 aromatic rings. The van der Waals surface area contributed by atoms with Crippen LogP contribution in [0.2, 0.25) is 0 Å². The molecule has 0 N–H and O–H groups in total. The van der Waals surface area contributed by atoms with Gasteiger partial charge in [0.1, 0.15) is 12.4 Å². The maximum absolute atomic E-state index is 6.20. The summed E-state index contributed by atoms with van der Waals surface area (Å²) in [6.45, 7) is 10.9. The van der Waals surface area contributed by atoms with Crippen LogP contribution in [-0.2, 0) is 6.61 Å². The van der Waals surface area contributed by atoms with E-state index in [-0.39, 0.29) is 0 Å². The Labute approximate surface area is 197 Å². The molecule has 1 heteroatoms. The van der Waals surface area contributed by atoms with Crippen LogP contribution < -0.4 is 4.74 Å². The molecular formula is C32H30O. The van der Waals surface area contributed by atoms with Crippen molar-refractivity contribution < 1.29 is 4.74 Å². The van der Waals surface area contributed by atoms with Gasteiger partial charge in [-0.2, -0.15) is 0 Å². The highest BCUT2D eigenvalue weighted by molar-refractivity contribution is 5.79. The molecule has 0 aliphatic heterocycles. The lowest BCUT2D eigenvalue weighted by Crippen LogP contribution is -1.98. The Morgan fingerprint density at radius 1 is 0.727 bits per heavy atom. The largest absolute Gasteiger partial charge is 0.488 e. The van der Waals surface area contributed by atoms with E-state index in [9.17, 15) is 0 Å². The number of ether oxygens (including phenoxy) is 1. The summed E-state index contributed by atoms with van der Waals surface area (Å²) >= 11 is 0. The van der Waals surface area contributed by atoms with Gasteiger partial charge in [-0.25, -0.2) is 0 Å². The summed E-state index contributed by atoms with van der Waals surface area (Å²) in [4.78, 5) is 0. The van der Waals surface area contributed by atoms with Gasteiger partial charge < -0.3 is 4.74 Å². The van der Waals surface area contributed by atoms with Crippen molar-refractivity contribution in [1.82, 2.24) is 0 Å². The average molecular weight is 431 g/mol. The van der Waals surface area contributed by atoms with Crippen molar-refractivity contribution in [3.05, 3.63) is 130 Å². The zero-order chi connectivity index (χ0) is 23.2. The van der Waals surface area contributed by atoms with Crippen molar-refractivity contribution in [2.75, 3.05) is 0 Å². The minimum Gasteiger partial charge on any atom is -0.488 e. The van der Waals surface area contributed by atoms with Crippen molar-refractivity contribution in [1.29, 1.82) is 0 Å². The van der Waals surface area contributed by atoms with E-state index in [4.69, 9.17) is 4.74 Å². The van der Waals surface area contributed by atoms with Gasteiger partial charge in [-0.15, -0.1) is 0 Å². The molecule has 0 unspecified atom stereocenters. The van der Waals surface area contributed by atoms with Crippen LogP contribution in [0, 0.1) is 20.8 Å². The zero-order valence-electron chi connectivity index (χ0n) is 19.6. The Kier molecular flexibility index (Phi) is 6.90. The lowest BCUT2D eigenvalue weighted by molar-refractivity contribution is 0.305. The molecule has 164 valence electrons. The maximum atomic E-state index is 6.20. The van der Waals surface area contributed by atoms with E-state index in [2.05, 4.69) is 124 Å². The molecule has 33 heavy (non-hydrogen) atoms. The quantitative estimate of drug-likeness (QED) is 0.266. The van der Waals surface area contributed by atoms with Gasteiger partial charge in [0.15, 0.2) is 0 Å². The number of benzene rings is 4. The fraction of sp³-hybridized carbons (Fsp3) is 0.125. The number of rotatable bonds is 7. The Balaban J connectivity index is 1.61. The van der Waals surface area contributed by atoms with E-state index in [0.29, 0.717) is 6.61 Å². The van der Waals surface area contributed by atoms with Gasteiger partial charge >= 0.3 is 0 Å². The monoisotopic (exact) mass is 430 g/mol. The first-order chi connectivity index (χ1) is 16.0.